The molecule has 10 rings (SSSR count). The molecule has 2 aliphatic rings. The molecule has 0 fully saturated rings. The Balaban J connectivity index is 1.26. The Bertz CT molecular complexity index is 2750. The molecule has 4 heteroatoms. The number of nitrogens with zero attached hydrogens (tertiary/aromatic N) is 4. The van der Waals surface area contributed by atoms with Crippen LogP contribution in [0.15, 0.2) is 146 Å². The fraction of sp³-hybridized carbons (Fsp3) is 0.128. The van der Waals surface area contributed by atoms with Crippen LogP contribution in [0.3, 0.4) is 0 Å². The Morgan fingerprint density at radius 1 is 0.588 bits per heavy atom. The summed E-state index contributed by atoms with van der Waals surface area (Å²) in [6, 6.07) is 45.9. The topological polar surface area (TPSA) is 43.6 Å². The summed E-state index contributed by atoms with van der Waals surface area (Å²) < 4.78 is 2.25. The SMILES string of the molecule is CC1C=CC(c2nc(-c3ccccc3)nc(-n3c4ccccc4c4cc5c(cc43)C(C)(C)c3cc(-c4ccccc4)c4ccccc4c3-5)n2)=CC1. The van der Waals surface area contributed by atoms with E-state index in [1.165, 1.54) is 54.9 Å². The minimum Gasteiger partial charge on any atom is -0.278 e. The quantitative estimate of drug-likeness (QED) is 0.189. The van der Waals surface area contributed by atoms with Crippen LogP contribution in [-0.2, 0) is 5.41 Å². The average Bonchev–Trinajstić information content (AvgIpc) is 3.62. The molecule has 0 N–H and O–H groups in total. The molecule has 8 aromatic rings. The van der Waals surface area contributed by atoms with Gasteiger partial charge < -0.3 is 0 Å². The van der Waals surface area contributed by atoms with Crippen LogP contribution in [0.1, 0.15) is 44.1 Å². The van der Waals surface area contributed by atoms with E-state index in [2.05, 4.69) is 153 Å². The van der Waals surface area contributed by atoms with Crippen LogP contribution < -0.4 is 0 Å². The number of para-hydroxylation sites is 1. The monoisotopic (exact) mass is 656 g/mol. The van der Waals surface area contributed by atoms with Crippen molar-refractivity contribution in [1.29, 1.82) is 0 Å². The standard InChI is InChI=1S/C47H36N4/c1-29-22-24-32(25-23-29)45-48-44(31-16-8-5-9-17-31)49-46(50-45)51-41-21-13-12-19-34(41)37-26-38-39(28-42(37)51)47(2,3)40-27-36(30-14-6-4-7-15-30)33-18-10-11-20-35(33)43(38)40/h4-22,24-29H,23H2,1-3H3. The van der Waals surface area contributed by atoms with Crippen LogP contribution in [0.5, 0.6) is 0 Å². The number of hydrogen-bond donors (Lipinski definition) is 0. The first-order valence-corrected chi connectivity index (χ1v) is 17.9. The van der Waals surface area contributed by atoms with E-state index in [4.69, 9.17) is 15.0 Å². The number of aromatic nitrogens is 4. The van der Waals surface area contributed by atoms with Gasteiger partial charge >= 0.3 is 0 Å². The van der Waals surface area contributed by atoms with E-state index in [0.717, 1.165) is 28.6 Å². The van der Waals surface area contributed by atoms with Crippen molar-refractivity contribution >= 4 is 38.2 Å². The normalized spacial score (nSPS) is 16.1. The van der Waals surface area contributed by atoms with Crippen molar-refractivity contribution in [2.45, 2.75) is 32.6 Å². The highest BCUT2D eigenvalue weighted by Crippen LogP contribution is 2.54. The molecule has 0 bridgehead atoms. The van der Waals surface area contributed by atoms with Crippen molar-refractivity contribution < 1.29 is 0 Å². The predicted molar refractivity (Wildman–Crippen MR) is 211 cm³/mol. The van der Waals surface area contributed by atoms with Crippen LogP contribution in [0, 0.1) is 5.92 Å². The van der Waals surface area contributed by atoms with Crippen LogP contribution in [0.2, 0.25) is 0 Å². The zero-order valence-electron chi connectivity index (χ0n) is 28.9. The molecule has 0 radical (unpaired) electrons. The van der Waals surface area contributed by atoms with Crippen LogP contribution in [0.25, 0.3) is 77.7 Å². The van der Waals surface area contributed by atoms with Crippen LogP contribution in [-0.4, -0.2) is 19.5 Å². The lowest BCUT2D eigenvalue weighted by Gasteiger charge is -2.23. The Labute approximate surface area is 297 Å². The maximum Gasteiger partial charge on any atom is 0.238 e. The Morgan fingerprint density at radius 3 is 2.00 bits per heavy atom. The first-order valence-electron chi connectivity index (χ1n) is 17.9. The Hall–Kier alpha value is -6.13. The van der Waals surface area contributed by atoms with Gasteiger partial charge in [-0.05, 0) is 80.8 Å². The highest BCUT2D eigenvalue weighted by Gasteiger charge is 2.38. The van der Waals surface area contributed by atoms with E-state index in [9.17, 15) is 0 Å². The van der Waals surface area contributed by atoms with Gasteiger partial charge in [0.1, 0.15) is 0 Å². The molecule has 6 aromatic carbocycles. The van der Waals surface area contributed by atoms with E-state index in [0.29, 0.717) is 23.5 Å². The number of benzene rings is 6. The van der Waals surface area contributed by atoms with Crippen molar-refractivity contribution in [3.8, 4) is 39.6 Å². The Morgan fingerprint density at radius 2 is 1.25 bits per heavy atom. The molecule has 1 unspecified atom stereocenters. The van der Waals surface area contributed by atoms with Gasteiger partial charge in [0.25, 0.3) is 0 Å². The summed E-state index contributed by atoms with van der Waals surface area (Å²) in [6.07, 6.45) is 7.63. The molecule has 51 heavy (non-hydrogen) atoms. The first-order chi connectivity index (χ1) is 25.0. The minimum atomic E-state index is -0.235. The summed E-state index contributed by atoms with van der Waals surface area (Å²) in [5.74, 6) is 2.49. The summed E-state index contributed by atoms with van der Waals surface area (Å²) >= 11 is 0. The molecular formula is C47H36N4. The summed E-state index contributed by atoms with van der Waals surface area (Å²) in [5, 5.41) is 4.94. The maximum atomic E-state index is 5.23. The van der Waals surface area contributed by atoms with Crippen molar-refractivity contribution in [3.63, 3.8) is 0 Å². The minimum absolute atomic E-state index is 0.235. The van der Waals surface area contributed by atoms with Crippen molar-refractivity contribution in [1.82, 2.24) is 19.5 Å². The summed E-state index contributed by atoms with van der Waals surface area (Å²) in [7, 11) is 0. The lowest BCUT2D eigenvalue weighted by Crippen LogP contribution is -2.15. The van der Waals surface area contributed by atoms with Gasteiger partial charge in [-0.25, -0.2) is 4.98 Å². The van der Waals surface area contributed by atoms with Crippen molar-refractivity contribution in [3.05, 3.63) is 163 Å². The number of hydrogen-bond acceptors (Lipinski definition) is 3. The van der Waals surface area contributed by atoms with Gasteiger partial charge in [0.05, 0.1) is 11.0 Å². The second kappa shape index (κ2) is 11.2. The van der Waals surface area contributed by atoms with E-state index >= 15 is 0 Å². The summed E-state index contributed by atoms with van der Waals surface area (Å²) in [5.41, 5.74) is 11.8. The van der Waals surface area contributed by atoms with E-state index in [1.54, 1.807) is 0 Å². The smallest absolute Gasteiger partial charge is 0.238 e. The molecule has 1 atom stereocenters. The second-order valence-electron chi connectivity index (χ2n) is 14.5. The molecule has 0 aliphatic heterocycles. The lowest BCUT2D eigenvalue weighted by molar-refractivity contribution is 0.661. The van der Waals surface area contributed by atoms with Gasteiger partial charge in [0.2, 0.25) is 5.95 Å². The molecule has 0 spiro atoms. The molecule has 4 nitrogen and oxygen atoms in total. The lowest BCUT2D eigenvalue weighted by atomic mass is 9.80. The highest BCUT2D eigenvalue weighted by molar-refractivity contribution is 6.15. The molecule has 2 aromatic heterocycles. The number of allylic oxidation sites excluding steroid dienone is 4. The second-order valence-corrected chi connectivity index (χ2v) is 14.5. The van der Waals surface area contributed by atoms with Gasteiger partial charge in [0, 0.05) is 27.3 Å². The third kappa shape index (κ3) is 4.56. The zero-order chi connectivity index (χ0) is 34.3. The number of fused-ring (bicyclic) bond motifs is 8. The maximum absolute atomic E-state index is 5.23. The molecule has 0 saturated heterocycles. The molecule has 244 valence electrons. The summed E-state index contributed by atoms with van der Waals surface area (Å²) in [6.45, 7) is 6.98. The molecule has 0 saturated carbocycles. The molecule has 2 heterocycles. The third-order valence-corrected chi connectivity index (χ3v) is 11.0. The van der Waals surface area contributed by atoms with Crippen LogP contribution >= 0.6 is 0 Å². The van der Waals surface area contributed by atoms with Gasteiger partial charge in [-0.2, -0.15) is 9.97 Å². The fourth-order valence-electron chi connectivity index (χ4n) is 8.32. The molecule has 2 aliphatic carbocycles. The van der Waals surface area contributed by atoms with Gasteiger partial charge in [0.15, 0.2) is 11.6 Å². The van der Waals surface area contributed by atoms with Gasteiger partial charge in [-0.1, -0.05) is 142 Å². The molecular weight excluding hydrogens is 621 g/mol. The van der Waals surface area contributed by atoms with Gasteiger partial charge in [-0.15, -0.1) is 0 Å². The highest BCUT2D eigenvalue weighted by atomic mass is 15.2. The fourth-order valence-corrected chi connectivity index (χ4v) is 8.32. The van der Waals surface area contributed by atoms with E-state index in [1.807, 2.05) is 18.2 Å². The Kier molecular flexibility index (Phi) is 6.53. The van der Waals surface area contributed by atoms with E-state index < -0.39 is 0 Å². The van der Waals surface area contributed by atoms with Gasteiger partial charge in [-0.3, -0.25) is 4.57 Å². The van der Waals surface area contributed by atoms with Crippen molar-refractivity contribution in [2.24, 2.45) is 5.92 Å². The first kappa shape index (κ1) is 29.8. The molecule has 0 amide bonds. The average molecular weight is 657 g/mol. The number of rotatable bonds is 4. The largest absolute Gasteiger partial charge is 0.278 e. The predicted octanol–water partition coefficient (Wildman–Crippen LogP) is 11.7. The summed E-state index contributed by atoms with van der Waals surface area (Å²) in [4.78, 5) is 15.5. The van der Waals surface area contributed by atoms with E-state index in [-0.39, 0.29) is 5.41 Å². The van der Waals surface area contributed by atoms with Crippen molar-refractivity contribution in [2.75, 3.05) is 0 Å². The third-order valence-electron chi connectivity index (χ3n) is 11.0. The van der Waals surface area contributed by atoms with Crippen LogP contribution in [0.4, 0.5) is 0 Å². The zero-order valence-corrected chi connectivity index (χ0v) is 28.9.